The standard InChI is InChI=1S/C24H32N4OS/c1-3-16-28-22(19-11-5-4-6-12-19)26-27-24(28)30-17(2)23(29)25-21-15-9-13-18-10-7-8-14-20(18)21/h3,7-8,10,14,17,19,21H,1,4-6,9,11-13,15-16H2,2H3,(H,25,29). The van der Waals surface area contributed by atoms with E-state index in [1.807, 2.05) is 13.0 Å². The summed E-state index contributed by atoms with van der Waals surface area (Å²) in [5.74, 6) is 1.60. The Kier molecular flexibility index (Phi) is 6.93. The summed E-state index contributed by atoms with van der Waals surface area (Å²) in [4.78, 5) is 13.0. The van der Waals surface area contributed by atoms with Gasteiger partial charge in [-0.3, -0.25) is 4.79 Å². The molecule has 2 aliphatic carbocycles. The van der Waals surface area contributed by atoms with Crippen molar-refractivity contribution in [2.24, 2.45) is 0 Å². The van der Waals surface area contributed by atoms with E-state index in [-0.39, 0.29) is 17.2 Å². The molecule has 0 radical (unpaired) electrons. The summed E-state index contributed by atoms with van der Waals surface area (Å²) < 4.78 is 2.16. The Morgan fingerprint density at radius 1 is 1.23 bits per heavy atom. The molecule has 1 aromatic heterocycles. The quantitative estimate of drug-likeness (QED) is 0.491. The molecule has 1 N–H and O–H groups in total. The van der Waals surface area contributed by atoms with Crippen molar-refractivity contribution in [3.63, 3.8) is 0 Å². The summed E-state index contributed by atoms with van der Waals surface area (Å²) in [6.07, 6.45) is 11.3. The van der Waals surface area contributed by atoms with Crippen LogP contribution in [0.3, 0.4) is 0 Å². The lowest BCUT2D eigenvalue weighted by Gasteiger charge is -2.27. The van der Waals surface area contributed by atoms with E-state index in [9.17, 15) is 4.79 Å². The summed E-state index contributed by atoms with van der Waals surface area (Å²) in [5.41, 5.74) is 2.63. The third-order valence-corrected chi connectivity index (χ3v) is 7.45. The van der Waals surface area contributed by atoms with Gasteiger partial charge in [0, 0.05) is 12.5 Å². The molecular weight excluding hydrogens is 392 g/mol. The van der Waals surface area contributed by atoms with Crippen LogP contribution in [0.2, 0.25) is 0 Å². The highest BCUT2D eigenvalue weighted by atomic mass is 32.2. The van der Waals surface area contributed by atoms with Gasteiger partial charge in [-0.05, 0) is 50.2 Å². The van der Waals surface area contributed by atoms with Crippen LogP contribution in [-0.2, 0) is 17.8 Å². The van der Waals surface area contributed by atoms with E-state index in [2.05, 4.69) is 50.9 Å². The molecule has 5 nitrogen and oxygen atoms in total. The molecule has 160 valence electrons. The number of aryl methyl sites for hydroxylation is 1. The second-order valence-corrected chi connectivity index (χ2v) is 9.80. The third kappa shape index (κ3) is 4.64. The molecule has 0 aliphatic heterocycles. The predicted molar refractivity (Wildman–Crippen MR) is 122 cm³/mol. The first-order valence-corrected chi connectivity index (χ1v) is 12.1. The molecule has 1 amide bonds. The monoisotopic (exact) mass is 424 g/mol. The Bertz CT molecular complexity index is 887. The van der Waals surface area contributed by atoms with Crippen LogP contribution in [0.1, 0.15) is 80.8 Å². The third-order valence-electron chi connectivity index (χ3n) is 6.36. The van der Waals surface area contributed by atoms with Crippen molar-refractivity contribution in [3.8, 4) is 0 Å². The van der Waals surface area contributed by atoms with Gasteiger partial charge >= 0.3 is 0 Å². The maximum atomic E-state index is 13.0. The zero-order valence-electron chi connectivity index (χ0n) is 17.8. The number of hydrogen-bond donors (Lipinski definition) is 1. The molecule has 2 aromatic rings. The summed E-state index contributed by atoms with van der Waals surface area (Å²) in [6, 6.07) is 8.57. The van der Waals surface area contributed by atoms with Gasteiger partial charge in [0.05, 0.1) is 11.3 Å². The fourth-order valence-corrected chi connectivity index (χ4v) is 5.63. The lowest BCUT2D eigenvalue weighted by molar-refractivity contribution is -0.121. The molecule has 6 heteroatoms. The average molecular weight is 425 g/mol. The number of fused-ring (bicyclic) bond motifs is 1. The number of thioether (sulfide) groups is 1. The van der Waals surface area contributed by atoms with Crippen LogP contribution in [-0.4, -0.2) is 25.9 Å². The summed E-state index contributed by atoms with van der Waals surface area (Å²) in [5, 5.41) is 12.9. The number of carbonyl (C=O) groups is 1. The van der Waals surface area contributed by atoms with E-state index in [4.69, 9.17) is 0 Å². The maximum absolute atomic E-state index is 13.0. The molecule has 1 heterocycles. The van der Waals surface area contributed by atoms with Gasteiger partial charge < -0.3 is 9.88 Å². The minimum Gasteiger partial charge on any atom is -0.348 e. The molecule has 2 atom stereocenters. The number of benzene rings is 1. The fraction of sp³-hybridized carbons (Fsp3) is 0.542. The van der Waals surface area contributed by atoms with Crippen LogP contribution in [0.15, 0.2) is 42.1 Å². The van der Waals surface area contributed by atoms with Crippen LogP contribution in [0.4, 0.5) is 0 Å². The van der Waals surface area contributed by atoms with E-state index in [1.54, 1.807) is 0 Å². The van der Waals surface area contributed by atoms with Gasteiger partial charge in [-0.1, -0.05) is 61.4 Å². The van der Waals surface area contributed by atoms with Crippen LogP contribution < -0.4 is 5.32 Å². The van der Waals surface area contributed by atoms with Crippen molar-refractivity contribution in [2.45, 2.75) is 87.2 Å². The first-order chi connectivity index (χ1) is 14.7. The molecule has 0 saturated heterocycles. The number of aromatic nitrogens is 3. The minimum atomic E-state index is -0.231. The molecule has 2 unspecified atom stereocenters. The van der Waals surface area contributed by atoms with Crippen LogP contribution >= 0.6 is 11.8 Å². The number of rotatable bonds is 7. The summed E-state index contributed by atoms with van der Waals surface area (Å²) >= 11 is 1.50. The van der Waals surface area contributed by atoms with Crippen molar-refractivity contribution in [2.75, 3.05) is 0 Å². The molecule has 30 heavy (non-hydrogen) atoms. The normalized spacial score (nSPS) is 20.4. The molecule has 4 rings (SSSR count). The second kappa shape index (κ2) is 9.82. The number of nitrogens with zero attached hydrogens (tertiary/aromatic N) is 3. The van der Waals surface area contributed by atoms with E-state index >= 15 is 0 Å². The van der Waals surface area contributed by atoms with Gasteiger partial charge in [0.15, 0.2) is 5.16 Å². The van der Waals surface area contributed by atoms with Crippen molar-refractivity contribution in [1.29, 1.82) is 0 Å². The van der Waals surface area contributed by atoms with Crippen LogP contribution in [0, 0.1) is 0 Å². The van der Waals surface area contributed by atoms with Gasteiger partial charge in [-0.2, -0.15) is 0 Å². The summed E-state index contributed by atoms with van der Waals surface area (Å²) in [7, 11) is 0. The van der Waals surface area contributed by atoms with Crippen LogP contribution in [0.25, 0.3) is 0 Å². The molecule has 0 spiro atoms. The molecule has 2 aliphatic rings. The Balaban J connectivity index is 1.44. The number of hydrogen-bond acceptors (Lipinski definition) is 4. The summed E-state index contributed by atoms with van der Waals surface area (Å²) in [6.45, 7) is 6.56. The van der Waals surface area contributed by atoms with Gasteiger partial charge in [-0.25, -0.2) is 0 Å². The van der Waals surface area contributed by atoms with E-state index in [0.29, 0.717) is 12.5 Å². The van der Waals surface area contributed by atoms with E-state index in [1.165, 1.54) is 55.0 Å². The molecular formula is C24H32N4OS. The van der Waals surface area contributed by atoms with E-state index in [0.717, 1.165) is 30.2 Å². The zero-order chi connectivity index (χ0) is 20.9. The lowest BCUT2D eigenvalue weighted by Crippen LogP contribution is -2.36. The molecule has 1 saturated carbocycles. The topological polar surface area (TPSA) is 59.8 Å². The van der Waals surface area contributed by atoms with Gasteiger partial charge in [0.1, 0.15) is 5.82 Å². The van der Waals surface area contributed by atoms with Crippen LogP contribution in [0.5, 0.6) is 0 Å². The molecule has 0 bridgehead atoms. The number of nitrogens with one attached hydrogen (secondary N) is 1. The Morgan fingerprint density at radius 3 is 2.83 bits per heavy atom. The van der Waals surface area contributed by atoms with Crippen molar-refractivity contribution < 1.29 is 4.79 Å². The zero-order valence-corrected chi connectivity index (χ0v) is 18.7. The fourth-order valence-electron chi connectivity index (χ4n) is 4.76. The van der Waals surface area contributed by atoms with Crippen molar-refractivity contribution in [3.05, 3.63) is 53.9 Å². The Morgan fingerprint density at radius 2 is 2.03 bits per heavy atom. The number of carbonyl (C=O) groups excluding carboxylic acids is 1. The first-order valence-electron chi connectivity index (χ1n) is 11.3. The average Bonchev–Trinajstić information content (AvgIpc) is 3.17. The van der Waals surface area contributed by atoms with Gasteiger partial charge in [-0.15, -0.1) is 16.8 Å². The maximum Gasteiger partial charge on any atom is 0.233 e. The highest BCUT2D eigenvalue weighted by molar-refractivity contribution is 8.00. The number of allylic oxidation sites excluding steroid dienone is 1. The van der Waals surface area contributed by atoms with Crippen molar-refractivity contribution >= 4 is 17.7 Å². The van der Waals surface area contributed by atoms with Gasteiger partial charge in [0.25, 0.3) is 0 Å². The predicted octanol–water partition coefficient (Wildman–Crippen LogP) is 5.19. The Labute approximate surface area is 183 Å². The lowest BCUT2D eigenvalue weighted by atomic mass is 9.88. The van der Waals surface area contributed by atoms with Gasteiger partial charge in [0.2, 0.25) is 5.91 Å². The molecule has 1 aromatic carbocycles. The first kappa shape index (κ1) is 21.2. The second-order valence-electron chi connectivity index (χ2n) is 8.49. The molecule has 1 fully saturated rings. The number of amides is 1. The SMILES string of the molecule is C=CCn1c(SC(C)C(=O)NC2CCCc3ccccc32)nnc1C1CCCCC1. The van der Waals surface area contributed by atoms with E-state index < -0.39 is 0 Å². The Hall–Kier alpha value is -2.08. The largest absolute Gasteiger partial charge is 0.348 e. The smallest absolute Gasteiger partial charge is 0.233 e. The minimum absolute atomic E-state index is 0.0640. The highest BCUT2D eigenvalue weighted by Crippen LogP contribution is 2.34. The highest BCUT2D eigenvalue weighted by Gasteiger charge is 2.27. The van der Waals surface area contributed by atoms with Crippen molar-refractivity contribution in [1.82, 2.24) is 20.1 Å².